The SMILES string of the molecule is COc1cn(-c2cccc(C(F)(F)F)c2)nc1C(=O)Nc1cccc(N2CCCCC2)c1. The Morgan fingerprint density at radius 2 is 1.75 bits per heavy atom. The largest absolute Gasteiger partial charge is 0.493 e. The van der Waals surface area contributed by atoms with Crippen molar-refractivity contribution in [2.24, 2.45) is 0 Å². The van der Waals surface area contributed by atoms with E-state index >= 15 is 0 Å². The van der Waals surface area contributed by atoms with Gasteiger partial charge >= 0.3 is 6.18 Å². The third-order valence-corrected chi connectivity index (χ3v) is 5.38. The second-order valence-electron chi connectivity index (χ2n) is 7.59. The fraction of sp³-hybridized carbons (Fsp3) is 0.304. The van der Waals surface area contributed by atoms with E-state index in [0.717, 1.165) is 43.8 Å². The molecule has 6 nitrogen and oxygen atoms in total. The molecule has 1 aromatic heterocycles. The van der Waals surface area contributed by atoms with Crippen molar-refractivity contribution in [1.82, 2.24) is 9.78 Å². The number of carbonyl (C=O) groups excluding carboxylic acids is 1. The number of halogens is 3. The number of anilines is 2. The van der Waals surface area contributed by atoms with Crippen molar-refractivity contribution in [3.8, 4) is 11.4 Å². The second-order valence-corrected chi connectivity index (χ2v) is 7.59. The number of methoxy groups -OCH3 is 1. The number of nitrogens with zero attached hydrogens (tertiary/aromatic N) is 3. The van der Waals surface area contributed by atoms with Crippen molar-refractivity contribution in [1.29, 1.82) is 0 Å². The molecule has 1 N–H and O–H groups in total. The standard InChI is InChI=1S/C23H23F3N4O2/c1-32-20-15-30(19-10-5-7-16(13-19)23(24,25)26)28-21(20)22(31)27-17-8-6-9-18(14-17)29-11-3-2-4-12-29/h5-10,13-15H,2-4,11-12H2,1H3,(H,27,31). The number of carbonyl (C=O) groups is 1. The molecule has 0 atom stereocenters. The van der Waals surface area contributed by atoms with Gasteiger partial charge in [-0.3, -0.25) is 4.79 Å². The molecule has 1 aliphatic rings. The Hall–Kier alpha value is -3.49. The number of nitrogens with one attached hydrogen (secondary N) is 1. The summed E-state index contributed by atoms with van der Waals surface area (Å²) in [4.78, 5) is 15.2. The molecular weight excluding hydrogens is 421 g/mol. The average molecular weight is 444 g/mol. The predicted molar refractivity (Wildman–Crippen MR) is 116 cm³/mol. The molecule has 1 amide bonds. The van der Waals surface area contributed by atoms with Crippen LogP contribution in [0.5, 0.6) is 5.75 Å². The van der Waals surface area contributed by atoms with Crippen LogP contribution in [-0.4, -0.2) is 35.9 Å². The van der Waals surface area contributed by atoms with Gasteiger partial charge in [0.1, 0.15) is 0 Å². The van der Waals surface area contributed by atoms with Gasteiger partial charge in [-0.15, -0.1) is 0 Å². The number of amides is 1. The summed E-state index contributed by atoms with van der Waals surface area (Å²) in [6.45, 7) is 1.96. The Balaban J connectivity index is 1.57. The molecule has 1 saturated heterocycles. The molecular formula is C23H23F3N4O2. The minimum absolute atomic E-state index is 0.0201. The molecule has 1 fully saturated rings. The zero-order valence-corrected chi connectivity index (χ0v) is 17.5. The third-order valence-electron chi connectivity index (χ3n) is 5.38. The predicted octanol–water partition coefficient (Wildman–Crippen LogP) is 5.14. The molecule has 1 aliphatic heterocycles. The van der Waals surface area contributed by atoms with Crippen LogP contribution in [0.15, 0.2) is 54.7 Å². The maximum absolute atomic E-state index is 13.0. The van der Waals surface area contributed by atoms with Crippen LogP contribution in [0.3, 0.4) is 0 Å². The minimum atomic E-state index is -4.48. The smallest absolute Gasteiger partial charge is 0.416 e. The zero-order chi connectivity index (χ0) is 22.7. The molecule has 0 saturated carbocycles. The summed E-state index contributed by atoms with van der Waals surface area (Å²) in [6.07, 6.45) is 0.407. The monoisotopic (exact) mass is 444 g/mol. The number of hydrogen-bond donors (Lipinski definition) is 1. The van der Waals surface area contributed by atoms with Gasteiger partial charge < -0.3 is 15.0 Å². The lowest BCUT2D eigenvalue weighted by Crippen LogP contribution is -2.29. The Labute approximate surface area is 183 Å². The Morgan fingerprint density at radius 1 is 1.03 bits per heavy atom. The van der Waals surface area contributed by atoms with Gasteiger partial charge in [0, 0.05) is 24.5 Å². The molecule has 3 aromatic rings. The maximum atomic E-state index is 13.0. The van der Waals surface area contributed by atoms with Gasteiger partial charge in [0.2, 0.25) is 0 Å². The van der Waals surface area contributed by atoms with Crippen molar-refractivity contribution >= 4 is 17.3 Å². The summed E-state index contributed by atoms with van der Waals surface area (Å²) in [5.41, 5.74) is 0.986. The average Bonchev–Trinajstić information content (AvgIpc) is 3.24. The van der Waals surface area contributed by atoms with E-state index in [0.29, 0.717) is 5.69 Å². The zero-order valence-electron chi connectivity index (χ0n) is 17.5. The van der Waals surface area contributed by atoms with Gasteiger partial charge in [-0.05, 0) is 55.7 Å². The van der Waals surface area contributed by atoms with Gasteiger partial charge in [0.25, 0.3) is 5.91 Å². The molecule has 32 heavy (non-hydrogen) atoms. The van der Waals surface area contributed by atoms with Crippen LogP contribution < -0.4 is 15.0 Å². The number of ether oxygens (including phenoxy) is 1. The van der Waals surface area contributed by atoms with E-state index in [1.54, 1.807) is 6.07 Å². The van der Waals surface area contributed by atoms with Gasteiger partial charge in [0.15, 0.2) is 11.4 Å². The summed E-state index contributed by atoms with van der Waals surface area (Å²) in [5, 5.41) is 7.00. The highest BCUT2D eigenvalue weighted by Gasteiger charge is 2.31. The lowest BCUT2D eigenvalue weighted by molar-refractivity contribution is -0.137. The van der Waals surface area contributed by atoms with Crippen LogP contribution in [0.25, 0.3) is 5.69 Å². The fourth-order valence-corrected chi connectivity index (χ4v) is 3.74. The molecule has 0 spiro atoms. The maximum Gasteiger partial charge on any atom is 0.416 e. The van der Waals surface area contributed by atoms with E-state index in [1.165, 1.54) is 36.5 Å². The first-order chi connectivity index (χ1) is 15.3. The van der Waals surface area contributed by atoms with Crippen LogP contribution in [0, 0.1) is 0 Å². The number of hydrogen-bond acceptors (Lipinski definition) is 4. The number of rotatable bonds is 5. The first-order valence-corrected chi connectivity index (χ1v) is 10.3. The van der Waals surface area contributed by atoms with E-state index in [4.69, 9.17) is 4.74 Å². The molecule has 2 aromatic carbocycles. The first-order valence-electron chi connectivity index (χ1n) is 10.3. The molecule has 0 unspecified atom stereocenters. The van der Waals surface area contributed by atoms with Gasteiger partial charge in [-0.1, -0.05) is 12.1 Å². The van der Waals surface area contributed by atoms with E-state index in [-0.39, 0.29) is 17.1 Å². The van der Waals surface area contributed by atoms with Crippen molar-refractivity contribution < 1.29 is 22.7 Å². The molecule has 0 bridgehead atoms. The van der Waals surface area contributed by atoms with Crippen LogP contribution in [-0.2, 0) is 6.18 Å². The van der Waals surface area contributed by atoms with Crippen molar-refractivity contribution in [2.45, 2.75) is 25.4 Å². The Kier molecular flexibility index (Phi) is 6.07. The minimum Gasteiger partial charge on any atom is -0.493 e. The lowest BCUT2D eigenvalue weighted by Gasteiger charge is -2.29. The molecule has 2 heterocycles. The third kappa shape index (κ3) is 4.71. The van der Waals surface area contributed by atoms with Crippen molar-refractivity contribution in [2.75, 3.05) is 30.4 Å². The fourth-order valence-electron chi connectivity index (χ4n) is 3.74. The van der Waals surface area contributed by atoms with Gasteiger partial charge in [-0.2, -0.15) is 18.3 Å². The molecule has 168 valence electrons. The number of benzene rings is 2. The first kappa shape index (κ1) is 21.7. The molecule has 0 aliphatic carbocycles. The van der Waals surface area contributed by atoms with Gasteiger partial charge in [-0.25, -0.2) is 4.68 Å². The second kappa shape index (κ2) is 8.94. The van der Waals surface area contributed by atoms with E-state index in [9.17, 15) is 18.0 Å². The summed E-state index contributed by atoms with van der Waals surface area (Å²) in [5.74, 6) is -0.351. The number of aromatic nitrogens is 2. The highest BCUT2D eigenvalue weighted by Crippen LogP contribution is 2.31. The van der Waals surface area contributed by atoms with Crippen LogP contribution in [0.2, 0.25) is 0 Å². The van der Waals surface area contributed by atoms with E-state index in [2.05, 4.69) is 15.3 Å². The normalized spacial score (nSPS) is 14.3. The van der Waals surface area contributed by atoms with Crippen LogP contribution in [0.1, 0.15) is 35.3 Å². The van der Waals surface area contributed by atoms with Crippen molar-refractivity contribution in [3.63, 3.8) is 0 Å². The summed E-state index contributed by atoms with van der Waals surface area (Å²) in [6, 6.07) is 12.3. The molecule has 9 heteroatoms. The highest BCUT2D eigenvalue weighted by atomic mass is 19.4. The van der Waals surface area contributed by atoms with E-state index < -0.39 is 17.6 Å². The summed E-state index contributed by atoms with van der Waals surface area (Å²) >= 11 is 0. The molecule has 4 rings (SSSR count). The van der Waals surface area contributed by atoms with Gasteiger partial charge in [0.05, 0.1) is 24.6 Å². The van der Waals surface area contributed by atoms with Crippen LogP contribution in [0.4, 0.5) is 24.5 Å². The quantitative estimate of drug-likeness (QED) is 0.592. The molecule has 0 radical (unpaired) electrons. The highest BCUT2D eigenvalue weighted by molar-refractivity contribution is 6.05. The summed E-state index contributed by atoms with van der Waals surface area (Å²) in [7, 11) is 1.38. The van der Waals surface area contributed by atoms with Crippen LogP contribution >= 0.6 is 0 Å². The lowest BCUT2D eigenvalue weighted by atomic mass is 10.1. The topological polar surface area (TPSA) is 59.4 Å². The number of alkyl halides is 3. The number of piperidine rings is 1. The summed E-state index contributed by atoms with van der Waals surface area (Å²) < 4.78 is 45.6. The van der Waals surface area contributed by atoms with E-state index in [1.807, 2.05) is 18.2 Å². The van der Waals surface area contributed by atoms with Crippen molar-refractivity contribution in [3.05, 3.63) is 66.0 Å². The Bertz CT molecular complexity index is 1100. The Morgan fingerprint density at radius 3 is 2.47 bits per heavy atom.